The Morgan fingerprint density at radius 1 is 1.60 bits per heavy atom. The average Bonchev–Trinajstić information content (AvgIpc) is 2.88. The average molecular weight is 294 g/mol. The number of rotatable bonds is 5. The Balaban J connectivity index is 2.19. The molecule has 0 saturated heterocycles. The fourth-order valence-electron chi connectivity index (χ4n) is 2.05. The van der Waals surface area contributed by atoms with E-state index in [1.54, 1.807) is 18.0 Å². The van der Waals surface area contributed by atoms with Gasteiger partial charge in [-0.3, -0.25) is 9.59 Å². The highest BCUT2D eigenvalue weighted by molar-refractivity contribution is 7.17. The van der Waals surface area contributed by atoms with Crippen LogP contribution < -0.4 is 11.3 Å². The summed E-state index contributed by atoms with van der Waals surface area (Å²) in [4.78, 5) is 32.6. The molecule has 2 rings (SSSR count). The lowest BCUT2D eigenvalue weighted by atomic mass is 10.1. The van der Waals surface area contributed by atoms with Crippen LogP contribution in [0.25, 0.3) is 10.2 Å². The van der Waals surface area contributed by atoms with Gasteiger partial charge in [0.05, 0.1) is 18.0 Å². The first-order chi connectivity index (χ1) is 9.56. The molecule has 0 aromatic carbocycles. The Morgan fingerprint density at radius 3 is 3.00 bits per heavy atom. The van der Waals surface area contributed by atoms with Crippen LogP contribution in [0.15, 0.2) is 16.2 Å². The molecule has 7 heteroatoms. The Bertz CT molecular complexity index is 660. The predicted molar refractivity (Wildman–Crippen MR) is 79.6 cm³/mol. The van der Waals surface area contributed by atoms with E-state index in [0.717, 1.165) is 0 Å². The first kappa shape index (κ1) is 14.7. The Hall–Kier alpha value is -1.73. The molecule has 0 aliphatic rings. The SMILES string of the molecule is CCC(CN)C(=O)N(C)Cc1nc2ccsc2c(=O)[nH]1. The Kier molecular flexibility index (Phi) is 4.51. The molecule has 0 radical (unpaired) electrons. The monoisotopic (exact) mass is 294 g/mol. The molecule has 108 valence electrons. The quantitative estimate of drug-likeness (QED) is 0.858. The van der Waals surface area contributed by atoms with E-state index < -0.39 is 0 Å². The minimum Gasteiger partial charge on any atom is -0.338 e. The highest BCUT2D eigenvalue weighted by Gasteiger charge is 2.19. The van der Waals surface area contributed by atoms with Crippen molar-refractivity contribution in [1.29, 1.82) is 0 Å². The van der Waals surface area contributed by atoms with Crippen LogP contribution in [0.1, 0.15) is 19.2 Å². The van der Waals surface area contributed by atoms with Crippen LogP contribution in [-0.4, -0.2) is 34.4 Å². The van der Waals surface area contributed by atoms with Crippen LogP contribution in [0.4, 0.5) is 0 Å². The molecule has 1 amide bonds. The van der Waals surface area contributed by atoms with Gasteiger partial charge >= 0.3 is 0 Å². The summed E-state index contributed by atoms with van der Waals surface area (Å²) in [6.07, 6.45) is 0.702. The van der Waals surface area contributed by atoms with Crippen LogP contribution in [0.5, 0.6) is 0 Å². The van der Waals surface area contributed by atoms with E-state index in [9.17, 15) is 9.59 Å². The van der Waals surface area contributed by atoms with Crippen LogP contribution in [-0.2, 0) is 11.3 Å². The van der Waals surface area contributed by atoms with Gasteiger partial charge in [0.1, 0.15) is 10.5 Å². The fraction of sp³-hybridized carbons (Fsp3) is 0.462. The number of carbonyl (C=O) groups is 1. The third-order valence-corrected chi connectivity index (χ3v) is 4.16. The smallest absolute Gasteiger partial charge is 0.268 e. The third kappa shape index (κ3) is 2.88. The molecule has 0 saturated carbocycles. The van der Waals surface area contributed by atoms with Crippen molar-refractivity contribution in [3.63, 3.8) is 0 Å². The summed E-state index contributed by atoms with van der Waals surface area (Å²) < 4.78 is 0.608. The van der Waals surface area contributed by atoms with E-state index in [4.69, 9.17) is 5.73 Å². The summed E-state index contributed by atoms with van der Waals surface area (Å²) in [5.41, 5.74) is 6.09. The highest BCUT2D eigenvalue weighted by atomic mass is 32.1. The molecule has 1 unspecified atom stereocenters. The molecule has 2 heterocycles. The minimum absolute atomic E-state index is 0.0249. The Morgan fingerprint density at radius 2 is 2.35 bits per heavy atom. The number of nitrogens with one attached hydrogen (secondary N) is 1. The lowest BCUT2D eigenvalue weighted by molar-refractivity contribution is -0.134. The van der Waals surface area contributed by atoms with Gasteiger partial charge < -0.3 is 15.6 Å². The van der Waals surface area contributed by atoms with E-state index in [-0.39, 0.29) is 23.9 Å². The summed E-state index contributed by atoms with van der Waals surface area (Å²) in [6, 6.07) is 1.80. The van der Waals surface area contributed by atoms with Crippen molar-refractivity contribution in [2.24, 2.45) is 11.7 Å². The Labute approximate surface area is 120 Å². The van der Waals surface area contributed by atoms with Crippen LogP contribution in [0, 0.1) is 5.92 Å². The molecular weight excluding hydrogens is 276 g/mol. The second-order valence-electron chi connectivity index (χ2n) is 4.68. The topological polar surface area (TPSA) is 92.1 Å². The number of carbonyl (C=O) groups excluding carboxylic acids is 1. The van der Waals surface area contributed by atoms with E-state index >= 15 is 0 Å². The summed E-state index contributed by atoms with van der Waals surface area (Å²) in [5.74, 6) is 0.281. The third-order valence-electron chi connectivity index (χ3n) is 3.25. The number of aromatic nitrogens is 2. The molecule has 0 aliphatic heterocycles. The lowest BCUT2D eigenvalue weighted by Gasteiger charge is -2.21. The number of amides is 1. The van der Waals surface area contributed by atoms with Gasteiger partial charge in [-0.1, -0.05) is 6.92 Å². The van der Waals surface area contributed by atoms with Crippen molar-refractivity contribution < 1.29 is 4.79 Å². The van der Waals surface area contributed by atoms with E-state index in [1.807, 2.05) is 12.3 Å². The van der Waals surface area contributed by atoms with Gasteiger partial charge in [-0.2, -0.15) is 0 Å². The molecule has 20 heavy (non-hydrogen) atoms. The second-order valence-corrected chi connectivity index (χ2v) is 5.60. The number of fused-ring (bicyclic) bond motifs is 1. The van der Waals surface area contributed by atoms with Crippen LogP contribution in [0.3, 0.4) is 0 Å². The maximum Gasteiger partial charge on any atom is 0.268 e. The molecule has 6 nitrogen and oxygen atoms in total. The van der Waals surface area contributed by atoms with Gasteiger partial charge in [-0.05, 0) is 17.9 Å². The van der Waals surface area contributed by atoms with Gasteiger partial charge in [0.25, 0.3) is 5.56 Å². The first-order valence-corrected chi connectivity index (χ1v) is 7.36. The first-order valence-electron chi connectivity index (χ1n) is 6.48. The van der Waals surface area contributed by atoms with Crippen LogP contribution in [0.2, 0.25) is 0 Å². The zero-order valence-corrected chi connectivity index (χ0v) is 12.4. The van der Waals surface area contributed by atoms with Gasteiger partial charge in [0.15, 0.2) is 0 Å². The molecule has 3 N–H and O–H groups in total. The molecule has 2 aromatic heterocycles. The zero-order chi connectivity index (χ0) is 14.7. The highest BCUT2D eigenvalue weighted by Crippen LogP contribution is 2.14. The zero-order valence-electron chi connectivity index (χ0n) is 11.5. The van der Waals surface area contributed by atoms with Gasteiger partial charge in [0.2, 0.25) is 5.91 Å². The standard InChI is InChI=1S/C13H18N4O2S/c1-3-8(6-14)13(19)17(2)7-10-15-9-4-5-20-11(9)12(18)16-10/h4-5,8H,3,6-7,14H2,1-2H3,(H,15,16,18). The van der Waals surface area contributed by atoms with Crippen molar-refractivity contribution in [1.82, 2.24) is 14.9 Å². The fourth-order valence-corrected chi connectivity index (χ4v) is 2.78. The van der Waals surface area contributed by atoms with Crippen molar-refractivity contribution in [2.75, 3.05) is 13.6 Å². The molecule has 0 aliphatic carbocycles. The largest absolute Gasteiger partial charge is 0.338 e. The molecule has 2 aromatic rings. The van der Waals surface area contributed by atoms with E-state index in [1.165, 1.54) is 11.3 Å². The maximum atomic E-state index is 12.1. The van der Waals surface area contributed by atoms with Gasteiger partial charge in [-0.15, -0.1) is 11.3 Å². The molecular formula is C13H18N4O2S. The van der Waals surface area contributed by atoms with Crippen molar-refractivity contribution in [3.05, 3.63) is 27.6 Å². The van der Waals surface area contributed by atoms with Crippen molar-refractivity contribution >= 4 is 27.5 Å². The molecule has 0 bridgehead atoms. The number of aromatic amines is 1. The summed E-state index contributed by atoms with van der Waals surface area (Å²) in [5, 5.41) is 1.83. The number of hydrogen-bond donors (Lipinski definition) is 2. The lowest BCUT2D eigenvalue weighted by Crippen LogP contribution is -2.36. The molecule has 0 spiro atoms. The number of H-pyrrole nitrogens is 1. The number of nitrogens with two attached hydrogens (primary N) is 1. The number of thiophene rings is 1. The van der Waals surface area contributed by atoms with Crippen molar-refractivity contribution in [3.8, 4) is 0 Å². The summed E-state index contributed by atoms with van der Waals surface area (Å²) >= 11 is 1.36. The number of hydrogen-bond acceptors (Lipinski definition) is 5. The summed E-state index contributed by atoms with van der Waals surface area (Å²) in [6.45, 7) is 2.53. The number of nitrogens with zero attached hydrogens (tertiary/aromatic N) is 2. The molecule has 1 atom stereocenters. The van der Waals surface area contributed by atoms with Crippen molar-refractivity contribution in [2.45, 2.75) is 19.9 Å². The van der Waals surface area contributed by atoms with E-state index in [0.29, 0.717) is 29.0 Å². The maximum absolute atomic E-state index is 12.1. The molecule has 0 fully saturated rings. The van der Waals surface area contributed by atoms with E-state index in [2.05, 4.69) is 9.97 Å². The summed E-state index contributed by atoms with van der Waals surface area (Å²) in [7, 11) is 1.69. The minimum atomic E-state index is -0.184. The second kappa shape index (κ2) is 6.15. The van der Waals surface area contributed by atoms with Crippen LogP contribution >= 0.6 is 11.3 Å². The normalized spacial score (nSPS) is 12.6. The van der Waals surface area contributed by atoms with Gasteiger partial charge in [0, 0.05) is 13.6 Å². The predicted octanol–water partition coefficient (Wildman–Crippen LogP) is 0.928. The van der Waals surface area contributed by atoms with Gasteiger partial charge in [-0.25, -0.2) is 4.98 Å².